The number of amides is 1. The van der Waals surface area contributed by atoms with Crippen molar-refractivity contribution in [3.63, 3.8) is 0 Å². The van der Waals surface area contributed by atoms with Gasteiger partial charge in [0.25, 0.3) is 5.91 Å². The van der Waals surface area contributed by atoms with Gasteiger partial charge in [0.2, 0.25) is 0 Å². The van der Waals surface area contributed by atoms with Gasteiger partial charge < -0.3 is 14.4 Å². The molecule has 0 saturated carbocycles. The average molecular weight is 312 g/mol. The molecule has 1 unspecified atom stereocenters. The van der Waals surface area contributed by atoms with Gasteiger partial charge in [-0.2, -0.15) is 0 Å². The van der Waals surface area contributed by atoms with Gasteiger partial charge in [-0.1, -0.05) is 12.1 Å². The van der Waals surface area contributed by atoms with Crippen molar-refractivity contribution in [1.82, 2.24) is 9.88 Å². The highest BCUT2D eigenvalue weighted by molar-refractivity contribution is 5.92. The summed E-state index contributed by atoms with van der Waals surface area (Å²) in [5.74, 6) is 1.35. The van der Waals surface area contributed by atoms with Gasteiger partial charge in [-0.15, -0.1) is 0 Å². The Labute approximate surface area is 135 Å². The van der Waals surface area contributed by atoms with Crippen LogP contribution in [0, 0.1) is 0 Å². The Bertz CT molecular complexity index is 688. The van der Waals surface area contributed by atoms with Crippen molar-refractivity contribution in [1.29, 1.82) is 0 Å². The lowest BCUT2D eigenvalue weighted by Gasteiger charge is -2.25. The van der Waals surface area contributed by atoms with Gasteiger partial charge in [-0.05, 0) is 42.7 Å². The summed E-state index contributed by atoms with van der Waals surface area (Å²) < 4.78 is 10.7. The molecule has 0 N–H and O–H groups in total. The number of carbonyl (C=O) groups excluding carboxylic acids is 1. The summed E-state index contributed by atoms with van der Waals surface area (Å²) in [5, 5.41) is 0. The van der Waals surface area contributed by atoms with E-state index >= 15 is 0 Å². The van der Waals surface area contributed by atoms with E-state index in [9.17, 15) is 4.79 Å². The molecule has 1 aliphatic heterocycles. The highest BCUT2D eigenvalue weighted by atomic mass is 16.5. The van der Waals surface area contributed by atoms with Crippen molar-refractivity contribution >= 4 is 5.91 Å². The molecule has 1 aromatic heterocycles. The number of hydrogen-bond acceptors (Lipinski definition) is 4. The van der Waals surface area contributed by atoms with Gasteiger partial charge in [-0.25, -0.2) is 0 Å². The van der Waals surface area contributed by atoms with E-state index in [1.54, 1.807) is 26.5 Å². The van der Waals surface area contributed by atoms with Crippen LogP contribution in [-0.4, -0.2) is 36.6 Å². The molecule has 120 valence electrons. The fraction of sp³-hybridized carbons (Fsp3) is 0.333. The van der Waals surface area contributed by atoms with Gasteiger partial charge in [0.05, 0.1) is 20.3 Å². The third-order valence-electron chi connectivity index (χ3n) is 4.19. The van der Waals surface area contributed by atoms with Crippen molar-refractivity contribution in [2.24, 2.45) is 0 Å². The Kier molecular flexibility index (Phi) is 4.46. The zero-order chi connectivity index (χ0) is 16.2. The highest BCUT2D eigenvalue weighted by Crippen LogP contribution is 2.37. The van der Waals surface area contributed by atoms with E-state index in [1.807, 2.05) is 35.2 Å². The first-order chi connectivity index (χ1) is 11.2. The number of ether oxygens (including phenoxy) is 2. The molecule has 2 heterocycles. The van der Waals surface area contributed by atoms with Crippen LogP contribution >= 0.6 is 0 Å². The summed E-state index contributed by atoms with van der Waals surface area (Å²) in [6.07, 6.45) is 3.57. The van der Waals surface area contributed by atoms with Crippen LogP contribution in [-0.2, 0) is 0 Å². The van der Waals surface area contributed by atoms with Crippen LogP contribution in [0.3, 0.4) is 0 Å². The quantitative estimate of drug-likeness (QED) is 0.870. The van der Waals surface area contributed by atoms with Crippen LogP contribution in [0.25, 0.3) is 0 Å². The standard InChI is InChI=1S/C18H20N2O3/c1-22-16-9-8-13(12-17(16)23-2)15-7-5-11-20(15)18(21)14-6-3-4-10-19-14/h3-4,6,8-10,12,15H,5,7,11H2,1-2H3. The van der Waals surface area contributed by atoms with Crippen LogP contribution in [0.15, 0.2) is 42.6 Å². The molecule has 0 aliphatic carbocycles. The maximum Gasteiger partial charge on any atom is 0.272 e. The Hall–Kier alpha value is -2.56. The van der Waals surface area contributed by atoms with Gasteiger partial charge in [0.1, 0.15) is 5.69 Å². The van der Waals surface area contributed by atoms with E-state index in [2.05, 4.69) is 4.98 Å². The number of nitrogens with zero attached hydrogens (tertiary/aromatic N) is 2. The molecule has 5 nitrogen and oxygen atoms in total. The van der Waals surface area contributed by atoms with Crippen molar-refractivity contribution in [3.05, 3.63) is 53.9 Å². The normalized spacial score (nSPS) is 17.1. The first kappa shape index (κ1) is 15.3. The predicted octanol–water partition coefficient (Wildman–Crippen LogP) is 3.08. The maximum absolute atomic E-state index is 12.7. The zero-order valence-corrected chi connectivity index (χ0v) is 13.4. The lowest BCUT2D eigenvalue weighted by molar-refractivity contribution is 0.0729. The second kappa shape index (κ2) is 6.69. The number of likely N-dealkylation sites (tertiary alicyclic amines) is 1. The molecule has 1 aliphatic rings. The van der Waals surface area contributed by atoms with Crippen molar-refractivity contribution in [2.75, 3.05) is 20.8 Å². The third-order valence-corrected chi connectivity index (χ3v) is 4.19. The van der Waals surface area contributed by atoms with E-state index in [1.165, 1.54) is 0 Å². The molecule has 1 amide bonds. The third kappa shape index (κ3) is 2.99. The summed E-state index contributed by atoms with van der Waals surface area (Å²) in [4.78, 5) is 18.8. The number of hydrogen-bond donors (Lipinski definition) is 0. The summed E-state index contributed by atoms with van der Waals surface area (Å²) >= 11 is 0. The summed E-state index contributed by atoms with van der Waals surface area (Å²) in [7, 11) is 3.23. The molecule has 23 heavy (non-hydrogen) atoms. The molecule has 3 rings (SSSR count). The Morgan fingerprint density at radius 3 is 2.70 bits per heavy atom. The smallest absolute Gasteiger partial charge is 0.272 e. The molecule has 5 heteroatoms. The molecule has 1 atom stereocenters. The Morgan fingerprint density at radius 2 is 2.00 bits per heavy atom. The molecule has 0 spiro atoms. The number of carbonyl (C=O) groups is 1. The predicted molar refractivity (Wildman–Crippen MR) is 86.8 cm³/mol. The molecular weight excluding hydrogens is 292 g/mol. The van der Waals surface area contributed by atoms with E-state index < -0.39 is 0 Å². The molecule has 0 bridgehead atoms. The van der Waals surface area contributed by atoms with Gasteiger partial charge >= 0.3 is 0 Å². The molecule has 2 aromatic rings. The van der Waals surface area contributed by atoms with Crippen LogP contribution < -0.4 is 9.47 Å². The van der Waals surface area contributed by atoms with E-state index in [4.69, 9.17) is 9.47 Å². The van der Waals surface area contributed by atoms with Crippen LogP contribution in [0.4, 0.5) is 0 Å². The van der Waals surface area contributed by atoms with Crippen LogP contribution in [0.5, 0.6) is 11.5 Å². The molecule has 1 saturated heterocycles. The van der Waals surface area contributed by atoms with Crippen molar-refractivity contribution < 1.29 is 14.3 Å². The average Bonchev–Trinajstić information content (AvgIpc) is 3.10. The first-order valence-electron chi connectivity index (χ1n) is 7.68. The summed E-state index contributed by atoms with van der Waals surface area (Å²) in [6.45, 7) is 0.744. The molecule has 1 aromatic carbocycles. The molecule has 1 fully saturated rings. The topological polar surface area (TPSA) is 51.7 Å². The SMILES string of the molecule is COc1ccc(C2CCCN2C(=O)c2ccccn2)cc1OC. The van der Waals surface area contributed by atoms with Crippen LogP contribution in [0.2, 0.25) is 0 Å². The van der Waals surface area contributed by atoms with Crippen molar-refractivity contribution in [2.45, 2.75) is 18.9 Å². The van der Waals surface area contributed by atoms with Gasteiger partial charge in [0, 0.05) is 12.7 Å². The minimum absolute atomic E-state index is 0.0251. The Balaban J connectivity index is 1.88. The molecule has 0 radical (unpaired) electrons. The number of aromatic nitrogens is 1. The highest BCUT2D eigenvalue weighted by Gasteiger charge is 2.31. The van der Waals surface area contributed by atoms with Gasteiger partial charge in [0.15, 0.2) is 11.5 Å². The zero-order valence-electron chi connectivity index (χ0n) is 13.4. The lowest BCUT2D eigenvalue weighted by atomic mass is 10.0. The van der Waals surface area contributed by atoms with Crippen LogP contribution in [0.1, 0.15) is 34.9 Å². The second-order valence-corrected chi connectivity index (χ2v) is 5.49. The lowest BCUT2D eigenvalue weighted by Crippen LogP contribution is -2.31. The number of benzene rings is 1. The fourth-order valence-electron chi connectivity index (χ4n) is 3.05. The fourth-order valence-corrected chi connectivity index (χ4v) is 3.05. The summed E-state index contributed by atoms with van der Waals surface area (Å²) in [5.41, 5.74) is 1.55. The maximum atomic E-state index is 12.7. The van der Waals surface area contributed by atoms with E-state index in [0.717, 1.165) is 24.9 Å². The summed E-state index contributed by atoms with van der Waals surface area (Å²) in [6, 6.07) is 11.3. The number of pyridine rings is 1. The monoisotopic (exact) mass is 312 g/mol. The number of methoxy groups -OCH3 is 2. The largest absolute Gasteiger partial charge is 0.493 e. The second-order valence-electron chi connectivity index (χ2n) is 5.49. The van der Waals surface area contributed by atoms with E-state index in [0.29, 0.717) is 17.2 Å². The van der Waals surface area contributed by atoms with E-state index in [-0.39, 0.29) is 11.9 Å². The Morgan fingerprint density at radius 1 is 1.17 bits per heavy atom. The van der Waals surface area contributed by atoms with Gasteiger partial charge in [-0.3, -0.25) is 9.78 Å². The van der Waals surface area contributed by atoms with Crippen molar-refractivity contribution in [3.8, 4) is 11.5 Å². The minimum atomic E-state index is -0.0251. The minimum Gasteiger partial charge on any atom is -0.493 e. The number of rotatable bonds is 4. The molecular formula is C18H20N2O3. The first-order valence-corrected chi connectivity index (χ1v) is 7.68.